The molecule has 2 heterocycles. The Kier molecular flexibility index (Phi) is 6.33. The molecule has 3 rings (SSSR count). The molecular formula is C19H24N4O2S. The number of thioether (sulfide) groups is 1. The minimum atomic E-state index is -0.129. The predicted octanol–water partition coefficient (Wildman–Crippen LogP) is 3.11. The summed E-state index contributed by atoms with van der Waals surface area (Å²) < 4.78 is 7.82. The van der Waals surface area contributed by atoms with E-state index in [9.17, 15) is 4.79 Å². The van der Waals surface area contributed by atoms with Crippen LogP contribution in [0.2, 0.25) is 0 Å². The first-order valence-corrected chi connectivity index (χ1v) is 9.72. The molecule has 0 radical (unpaired) electrons. The van der Waals surface area contributed by atoms with Crippen molar-refractivity contribution in [3.8, 4) is 5.75 Å². The molecule has 1 aromatic heterocycles. The van der Waals surface area contributed by atoms with Crippen molar-refractivity contribution >= 4 is 17.7 Å². The van der Waals surface area contributed by atoms with Crippen LogP contribution in [0.3, 0.4) is 0 Å². The number of hydrogen-bond acceptors (Lipinski definition) is 5. The summed E-state index contributed by atoms with van der Waals surface area (Å²) in [6, 6.07) is 7.90. The number of rotatable bonds is 7. The molecule has 1 saturated heterocycles. The molecule has 0 bridgehead atoms. The van der Waals surface area contributed by atoms with Crippen LogP contribution in [0.1, 0.15) is 30.7 Å². The highest BCUT2D eigenvalue weighted by Gasteiger charge is 2.25. The maximum Gasteiger partial charge on any atom is 0.233 e. The first-order valence-electron chi connectivity index (χ1n) is 8.84. The van der Waals surface area contributed by atoms with E-state index in [2.05, 4.69) is 22.1 Å². The Morgan fingerprint density at radius 3 is 3.12 bits per heavy atom. The second kappa shape index (κ2) is 8.89. The summed E-state index contributed by atoms with van der Waals surface area (Å²) in [6.45, 7) is 7.50. The number of amides is 1. The number of hydrogen-bond donors (Lipinski definition) is 1. The molecule has 1 atom stereocenters. The number of nitrogens with one attached hydrogen (secondary N) is 1. The minimum absolute atomic E-state index is 0.0817. The van der Waals surface area contributed by atoms with Crippen LogP contribution < -0.4 is 10.1 Å². The standard InChI is InChI=1S/C19H24N4O2S/c1-3-11-23-17(13-25-15-8-6-7-14(2)12-15)21-22-19(23)26-16-9-4-5-10-20-18(16)24/h3,6-8,12,16H,1,4-5,9-11,13H2,2H3,(H,20,24). The van der Waals surface area contributed by atoms with E-state index < -0.39 is 0 Å². The second-order valence-electron chi connectivity index (χ2n) is 6.30. The predicted molar refractivity (Wildman–Crippen MR) is 102 cm³/mol. The molecule has 6 nitrogen and oxygen atoms in total. The van der Waals surface area contributed by atoms with Crippen molar-refractivity contribution in [1.29, 1.82) is 0 Å². The van der Waals surface area contributed by atoms with Gasteiger partial charge in [0.25, 0.3) is 0 Å². The van der Waals surface area contributed by atoms with Gasteiger partial charge in [-0.2, -0.15) is 0 Å². The summed E-state index contributed by atoms with van der Waals surface area (Å²) >= 11 is 1.47. The third-order valence-corrected chi connectivity index (χ3v) is 5.44. The van der Waals surface area contributed by atoms with Gasteiger partial charge in [0, 0.05) is 13.1 Å². The lowest BCUT2D eigenvalue weighted by atomic mass is 10.2. The fourth-order valence-corrected chi connectivity index (χ4v) is 3.95. The molecule has 7 heteroatoms. The molecule has 26 heavy (non-hydrogen) atoms. The van der Waals surface area contributed by atoms with Crippen molar-refractivity contribution in [2.75, 3.05) is 6.54 Å². The third-order valence-electron chi connectivity index (χ3n) is 4.20. The van der Waals surface area contributed by atoms with Crippen molar-refractivity contribution < 1.29 is 9.53 Å². The zero-order valence-corrected chi connectivity index (χ0v) is 15.8. The normalized spacial score (nSPS) is 17.4. The van der Waals surface area contributed by atoms with Crippen molar-refractivity contribution in [3.63, 3.8) is 0 Å². The van der Waals surface area contributed by atoms with Crippen LogP contribution in [-0.4, -0.2) is 32.5 Å². The van der Waals surface area contributed by atoms with E-state index in [0.717, 1.165) is 48.1 Å². The smallest absolute Gasteiger partial charge is 0.233 e. The van der Waals surface area contributed by atoms with Gasteiger partial charge in [0.2, 0.25) is 5.91 Å². The number of allylic oxidation sites excluding steroid dienone is 1. The van der Waals surface area contributed by atoms with E-state index in [-0.39, 0.29) is 11.2 Å². The van der Waals surface area contributed by atoms with Gasteiger partial charge in [-0.3, -0.25) is 9.36 Å². The van der Waals surface area contributed by atoms with Gasteiger partial charge < -0.3 is 10.1 Å². The lowest BCUT2D eigenvalue weighted by molar-refractivity contribution is -0.120. The van der Waals surface area contributed by atoms with Crippen molar-refractivity contribution in [2.24, 2.45) is 0 Å². The van der Waals surface area contributed by atoms with Crippen LogP contribution >= 0.6 is 11.8 Å². The Morgan fingerprint density at radius 1 is 1.42 bits per heavy atom. The van der Waals surface area contributed by atoms with E-state index >= 15 is 0 Å². The summed E-state index contributed by atoms with van der Waals surface area (Å²) in [5.41, 5.74) is 1.14. The van der Waals surface area contributed by atoms with Crippen LogP contribution in [0.4, 0.5) is 0 Å². The zero-order valence-electron chi connectivity index (χ0n) is 15.0. The molecule has 1 aliphatic rings. The third kappa shape index (κ3) is 4.66. The van der Waals surface area contributed by atoms with Gasteiger partial charge in [-0.15, -0.1) is 16.8 Å². The van der Waals surface area contributed by atoms with Gasteiger partial charge in [0.15, 0.2) is 11.0 Å². The Bertz CT molecular complexity index is 775. The SMILES string of the molecule is C=CCn1c(COc2cccc(C)c2)nnc1SC1CCCCNC1=O. The van der Waals surface area contributed by atoms with Gasteiger partial charge in [-0.05, 0) is 37.5 Å². The van der Waals surface area contributed by atoms with E-state index in [4.69, 9.17) is 4.74 Å². The summed E-state index contributed by atoms with van der Waals surface area (Å²) in [6.07, 6.45) is 4.72. The zero-order chi connectivity index (χ0) is 18.4. The Morgan fingerprint density at radius 2 is 2.31 bits per heavy atom. The van der Waals surface area contributed by atoms with Crippen LogP contribution in [0.5, 0.6) is 5.75 Å². The van der Waals surface area contributed by atoms with Gasteiger partial charge in [-0.25, -0.2) is 0 Å². The van der Waals surface area contributed by atoms with Crippen LogP contribution in [-0.2, 0) is 17.9 Å². The second-order valence-corrected chi connectivity index (χ2v) is 7.47. The monoisotopic (exact) mass is 372 g/mol. The van der Waals surface area contributed by atoms with Gasteiger partial charge in [0.05, 0.1) is 5.25 Å². The Hall–Kier alpha value is -2.28. The van der Waals surface area contributed by atoms with Crippen molar-refractivity contribution in [1.82, 2.24) is 20.1 Å². The van der Waals surface area contributed by atoms with Gasteiger partial charge >= 0.3 is 0 Å². The van der Waals surface area contributed by atoms with E-state index in [1.54, 1.807) is 6.08 Å². The molecule has 1 unspecified atom stereocenters. The van der Waals surface area contributed by atoms with Crippen molar-refractivity contribution in [3.05, 3.63) is 48.3 Å². The first-order chi connectivity index (χ1) is 12.7. The van der Waals surface area contributed by atoms with Gasteiger partial charge in [0.1, 0.15) is 12.4 Å². The molecule has 1 fully saturated rings. The fourth-order valence-electron chi connectivity index (χ4n) is 2.83. The van der Waals surface area contributed by atoms with Crippen LogP contribution in [0.25, 0.3) is 0 Å². The average Bonchev–Trinajstić information content (AvgIpc) is 2.88. The fraction of sp³-hybridized carbons (Fsp3) is 0.421. The molecule has 1 N–H and O–H groups in total. The number of ether oxygens (including phenoxy) is 1. The van der Waals surface area contributed by atoms with Crippen LogP contribution in [0.15, 0.2) is 42.1 Å². The highest BCUT2D eigenvalue weighted by Crippen LogP contribution is 2.27. The van der Waals surface area contributed by atoms with E-state index in [1.165, 1.54) is 11.8 Å². The van der Waals surface area contributed by atoms with E-state index in [0.29, 0.717) is 13.2 Å². The largest absolute Gasteiger partial charge is 0.486 e. The molecule has 1 amide bonds. The van der Waals surface area contributed by atoms with Crippen molar-refractivity contribution in [2.45, 2.75) is 49.7 Å². The Labute approximate surface area is 158 Å². The average molecular weight is 372 g/mol. The Balaban J connectivity index is 1.72. The van der Waals surface area contributed by atoms with Gasteiger partial charge in [-0.1, -0.05) is 36.4 Å². The number of benzene rings is 1. The molecule has 1 aromatic carbocycles. The lowest BCUT2D eigenvalue weighted by Gasteiger charge is -2.13. The molecule has 0 saturated carbocycles. The number of carbonyl (C=O) groups excluding carboxylic acids is 1. The summed E-state index contributed by atoms with van der Waals surface area (Å²) in [5.74, 6) is 1.61. The number of aryl methyl sites for hydroxylation is 1. The number of carbonyl (C=O) groups is 1. The van der Waals surface area contributed by atoms with Crippen LogP contribution in [0, 0.1) is 6.92 Å². The maximum atomic E-state index is 12.2. The lowest BCUT2D eigenvalue weighted by Crippen LogP contribution is -2.30. The highest BCUT2D eigenvalue weighted by molar-refractivity contribution is 8.00. The molecule has 2 aromatic rings. The first kappa shape index (κ1) is 18.5. The number of nitrogens with zero attached hydrogens (tertiary/aromatic N) is 3. The molecule has 1 aliphatic heterocycles. The summed E-state index contributed by atoms with van der Waals surface area (Å²) in [5, 5.41) is 12.1. The molecule has 0 aliphatic carbocycles. The minimum Gasteiger partial charge on any atom is -0.486 e. The summed E-state index contributed by atoms with van der Waals surface area (Å²) in [7, 11) is 0. The van der Waals surface area contributed by atoms with E-state index in [1.807, 2.05) is 35.8 Å². The molecule has 0 spiro atoms. The number of aromatic nitrogens is 3. The maximum absolute atomic E-state index is 12.2. The molecule has 138 valence electrons. The summed E-state index contributed by atoms with van der Waals surface area (Å²) in [4.78, 5) is 12.2. The highest BCUT2D eigenvalue weighted by atomic mass is 32.2. The topological polar surface area (TPSA) is 69.0 Å². The molecular weight excluding hydrogens is 348 g/mol. The quantitative estimate of drug-likeness (QED) is 0.756.